The predicted molar refractivity (Wildman–Crippen MR) is 78.5 cm³/mol. The normalized spacial score (nSPS) is 11.9. The first-order valence-corrected chi connectivity index (χ1v) is 6.96. The standard InChI is InChI=1S/C15H21NO6/c1-2-20-10-21-8-7-14(17)22-12-5-3-11(4-6-12)9-13(16)15(18)19/h3-6,13H,2,7-10,16H2,1H3,(H,18,19)/t13-/m0/s1. The van der Waals surface area contributed by atoms with Gasteiger partial charge in [0.1, 0.15) is 18.6 Å². The molecule has 0 bridgehead atoms. The molecular formula is C15H21NO6. The molecule has 0 saturated heterocycles. The maximum Gasteiger partial charge on any atom is 0.320 e. The fourth-order valence-corrected chi connectivity index (χ4v) is 1.57. The third kappa shape index (κ3) is 7.16. The Balaban J connectivity index is 2.34. The van der Waals surface area contributed by atoms with Crippen LogP contribution < -0.4 is 10.5 Å². The number of hydrogen-bond acceptors (Lipinski definition) is 6. The molecule has 7 nitrogen and oxygen atoms in total. The number of ether oxygens (including phenoxy) is 3. The fourth-order valence-electron chi connectivity index (χ4n) is 1.57. The summed E-state index contributed by atoms with van der Waals surface area (Å²) in [4.78, 5) is 22.2. The smallest absolute Gasteiger partial charge is 0.320 e. The van der Waals surface area contributed by atoms with Crippen molar-refractivity contribution in [2.24, 2.45) is 5.73 Å². The zero-order valence-electron chi connectivity index (χ0n) is 12.5. The van der Waals surface area contributed by atoms with Gasteiger partial charge in [0, 0.05) is 6.61 Å². The van der Waals surface area contributed by atoms with Crippen molar-refractivity contribution in [1.82, 2.24) is 0 Å². The molecule has 0 aliphatic carbocycles. The van der Waals surface area contributed by atoms with Crippen LogP contribution in [0.3, 0.4) is 0 Å². The highest BCUT2D eigenvalue weighted by Crippen LogP contribution is 2.14. The Labute approximate surface area is 129 Å². The largest absolute Gasteiger partial charge is 0.480 e. The van der Waals surface area contributed by atoms with Gasteiger partial charge in [-0.05, 0) is 31.0 Å². The minimum absolute atomic E-state index is 0.124. The van der Waals surface area contributed by atoms with E-state index in [4.69, 9.17) is 25.1 Å². The van der Waals surface area contributed by atoms with Crippen molar-refractivity contribution in [3.63, 3.8) is 0 Å². The molecule has 0 heterocycles. The lowest BCUT2D eigenvalue weighted by molar-refractivity contribution is -0.138. The van der Waals surface area contributed by atoms with Gasteiger partial charge in [0.05, 0.1) is 13.0 Å². The molecule has 0 fully saturated rings. The minimum Gasteiger partial charge on any atom is -0.480 e. The molecule has 122 valence electrons. The summed E-state index contributed by atoms with van der Waals surface area (Å²) in [6.07, 6.45) is 0.341. The molecule has 0 saturated carbocycles. The topological polar surface area (TPSA) is 108 Å². The average molecular weight is 311 g/mol. The SMILES string of the molecule is CCOCOCCC(=O)Oc1ccc(C[C@H](N)C(=O)O)cc1. The summed E-state index contributed by atoms with van der Waals surface area (Å²) in [7, 11) is 0. The quantitative estimate of drug-likeness (QED) is 0.286. The van der Waals surface area contributed by atoms with Crippen LogP contribution in [0, 0.1) is 0 Å². The highest BCUT2D eigenvalue weighted by molar-refractivity contribution is 5.73. The highest BCUT2D eigenvalue weighted by atomic mass is 16.7. The van der Waals surface area contributed by atoms with Crippen molar-refractivity contribution in [1.29, 1.82) is 0 Å². The Bertz CT molecular complexity index is 473. The second-order valence-corrected chi connectivity index (χ2v) is 4.54. The monoisotopic (exact) mass is 311 g/mol. The molecule has 0 aliphatic heterocycles. The summed E-state index contributed by atoms with van der Waals surface area (Å²) in [6, 6.07) is 5.61. The zero-order chi connectivity index (χ0) is 16.4. The highest BCUT2D eigenvalue weighted by Gasteiger charge is 2.12. The maximum absolute atomic E-state index is 11.6. The Morgan fingerprint density at radius 1 is 1.23 bits per heavy atom. The van der Waals surface area contributed by atoms with Crippen LogP contribution in [0.15, 0.2) is 24.3 Å². The third-order valence-electron chi connectivity index (χ3n) is 2.75. The molecule has 1 aromatic carbocycles. The molecule has 22 heavy (non-hydrogen) atoms. The van der Waals surface area contributed by atoms with Crippen LogP contribution in [0.1, 0.15) is 18.9 Å². The van der Waals surface area contributed by atoms with Gasteiger partial charge in [-0.25, -0.2) is 0 Å². The van der Waals surface area contributed by atoms with Crippen molar-refractivity contribution >= 4 is 11.9 Å². The van der Waals surface area contributed by atoms with Crippen LogP contribution in [0.2, 0.25) is 0 Å². The minimum atomic E-state index is -1.05. The molecule has 0 amide bonds. The second-order valence-electron chi connectivity index (χ2n) is 4.54. The van der Waals surface area contributed by atoms with E-state index >= 15 is 0 Å². The van der Waals surface area contributed by atoms with Crippen LogP contribution in [-0.2, 0) is 25.5 Å². The summed E-state index contributed by atoms with van der Waals surface area (Å²) in [5.41, 5.74) is 6.21. The third-order valence-corrected chi connectivity index (χ3v) is 2.75. The van der Waals surface area contributed by atoms with Gasteiger partial charge in [-0.3, -0.25) is 9.59 Å². The number of nitrogens with two attached hydrogens (primary N) is 1. The first-order chi connectivity index (χ1) is 10.5. The number of carboxylic acids is 1. The van der Waals surface area contributed by atoms with Gasteiger partial charge in [0.2, 0.25) is 0 Å². The van der Waals surface area contributed by atoms with Gasteiger partial charge in [0.25, 0.3) is 0 Å². The van der Waals surface area contributed by atoms with Crippen molar-refractivity contribution < 1.29 is 28.9 Å². The van der Waals surface area contributed by atoms with E-state index in [1.165, 1.54) is 0 Å². The molecule has 1 atom stereocenters. The van der Waals surface area contributed by atoms with Gasteiger partial charge >= 0.3 is 11.9 Å². The van der Waals surface area contributed by atoms with Gasteiger partial charge in [-0.15, -0.1) is 0 Å². The van der Waals surface area contributed by atoms with E-state index in [-0.39, 0.29) is 26.2 Å². The van der Waals surface area contributed by atoms with Gasteiger partial charge < -0.3 is 25.1 Å². The van der Waals surface area contributed by atoms with Gasteiger partial charge in [-0.2, -0.15) is 0 Å². The number of carboxylic acid groups (broad SMARTS) is 1. The van der Waals surface area contributed by atoms with E-state index in [0.717, 1.165) is 5.56 Å². The maximum atomic E-state index is 11.6. The number of esters is 1. The molecule has 1 rings (SSSR count). The lowest BCUT2D eigenvalue weighted by Crippen LogP contribution is -2.32. The average Bonchev–Trinajstić information content (AvgIpc) is 2.49. The lowest BCUT2D eigenvalue weighted by atomic mass is 10.1. The molecule has 0 aromatic heterocycles. The van der Waals surface area contributed by atoms with E-state index < -0.39 is 18.0 Å². The second kappa shape index (κ2) is 9.88. The number of aliphatic carboxylic acids is 1. The Kier molecular flexibility index (Phi) is 8.13. The van der Waals surface area contributed by atoms with Crippen LogP contribution in [0.25, 0.3) is 0 Å². The summed E-state index contributed by atoms with van der Waals surface area (Å²) in [5.74, 6) is -1.07. The summed E-state index contributed by atoms with van der Waals surface area (Å²) >= 11 is 0. The fraction of sp³-hybridized carbons (Fsp3) is 0.467. The number of rotatable bonds is 10. The first-order valence-electron chi connectivity index (χ1n) is 6.96. The van der Waals surface area contributed by atoms with Gasteiger partial charge in [-0.1, -0.05) is 12.1 Å². The van der Waals surface area contributed by atoms with Crippen LogP contribution in [0.4, 0.5) is 0 Å². The number of carbonyl (C=O) groups is 2. The molecule has 1 aromatic rings. The van der Waals surface area contributed by atoms with E-state index in [1.54, 1.807) is 24.3 Å². The first kappa shape index (κ1) is 18.1. The Morgan fingerprint density at radius 3 is 2.50 bits per heavy atom. The summed E-state index contributed by atoms with van der Waals surface area (Å²) < 4.78 is 15.2. The molecule has 0 unspecified atom stereocenters. The van der Waals surface area contributed by atoms with E-state index in [0.29, 0.717) is 12.4 Å². The van der Waals surface area contributed by atoms with E-state index in [9.17, 15) is 9.59 Å². The predicted octanol–water partition coefficient (Wildman–Crippen LogP) is 0.947. The van der Waals surface area contributed by atoms with Crippen LogP contribution >= 0.6 is 0 Å². The molecule has 0 radical (unpaired) electrons. The van der Waals surface area contributed by atoms with Crippen molar-refractivity contribution in [2.75, 3.05) is 20.0 Å². The zero-order valence-corrected chi connectivity index (χ0v) is 12.5. The number of carbonyl (C=O) groups excluding carboxylic acids is 1. The molecular weight excluding hydrogens is 290 g/mol. The van der Waals surface area contributed by atoms with Crippen molar-refractivity contribution in [3.05, 3.63) is 29.8 Å². The summed E-state index contributed by atoms with van der Waals surface area (Å²) in [5, 5.41) is 8.74. The lowest BCUT2D eigenvalue weighted by Gasteiger charge is -2.08. The van der Waals surface area contributed by atoms with E-state index in [2.05, 4.69) is 0 Å². The molecule has 3 N–H and O–H groups in total. The Morgan fingerprint density at radius 2 is 1.91 bits per heavy atom. The molecule has 0 spiro atoms. The van der Waals surface area contributed by atoms with Crippen molar-refractivity contribution in [2.45, 2.75) is 25.8 Å². The van der Waals surface area contributed by atoms with Crippen LogP contribution in [-0.4, -0.2) is 43.1 Å². The van der Waals surface area contributed by atoms with Crippen LogP contribution in [0.5, 0.6) is 5.75 Å². The summed E-state index contributed by atoms with van der Waals surface area (Å²) in [6.45, 7) is 2.79. The van der Waals surface area contributed by atoms with E-state index in [1.807, 2.05) is 6.92 Å². The number of benzene rings is 1. The molecule has 7 heteroatoms. The Hall–Kier alpha value is -1.96. The van der Waals surface area contributed by atoms with Gasteiger partial charge in [0.15, 0.2) is 0 Å². The molecule has 0 aliphatic rings. The van der Waals surface area contributed by atoms with Crippen molar-refractivity contribution in [3.8, 4) is 5.75 Å². The number of hydrogen-bond donors (Lipinski definition) is 2.